The van der Waals surface area contributed by atoms with Crippen molar-refractivity contribution in [2.75, 3.05) is 26.7 Å². The van der Waals surface area contributed by atoms with Crippen LogP contribution in [0.15, 0.2) is 29.3 Å². The number of guanidine groups is 1. The molecule has 1 amide bonds. The second-order valence-corrected chi connectivity index (χ2v) is 6.81. The Bertz CT molecular complexity index is 638. The smallest absolute Gasteiger partial charge is 0.222 e. The quantitative estimate of drug-likeness (QED) is 0.512. The molecule has 0 bridgehead atoms. The van der Waals surface area contributed by atoms with E-state index < -0.39 is 0 Å². The lowest BCUT2D eigenvalue weighted by molar-refractivity contribution is -0.129. The Kier molecular flexibility index (Phi) is 8.36. The number of carbonyl (C=O) groups is 1. The molecule has 2 unspecified atom stereocenters. The second-order valence-electron chi connectivity index (χ2n) is 6.81. The second kappa shape index (κ2) is 10.7. The third-order valence-corrected chi connectivity index (χ3v) is 4.71. The van der Waals surface area contributed by atoms with E-state index >= 15 is 0 Å². The minimum Gasteiger partial charge on any atom is -0.489 e. The van der Waals surface area contributed by atoms with Crippen LogP contribution in [0.4, 0.5) is 4.39 Å². The van der Waals surface area contributed by atoms with Gasteiger partial charge >= 0.3 is 0 Å². The third-order valence-electron chi connectivity index (χ3n) is 4.71. The molecule has 2 rings (SSSR count). The summed E-state index contributed by atoms with van der Waals surface area (Å²) in [4.78, 5) is 18.1. The first-order valence-electron chi connectivity index (χ1n) is 9.69. The predicted octanol–water partition coefficient (Wildman–Crippen LogP) is 2.55. The maximum Gasteiger partial charge on any atom is 0.222 e. The van der Waals surface area contributed by atoms with Crippen molar-refractivity contribution >= 4 is 11.9 Å². The summed E-state index contributed by atoms with van der Waals surface area (Å²) < 4.78 is 18.9. The number of amides is 1. The van der Waals surface area contributed by atoms with Crippen LogP contribution in [0.2, 0.25) is 0 Å². The Labute approximate surface area is 161 Å². The highest BCUT2D eigenvalue weighted by atomic mass is 19.1. The Hall–Kier alpha value is -2.31. The molecule has 6 nitrogen and oxygen atoms in total. The van der Waals surface area contributed by atoms with E-state index in [0.29, 0.717) is 24.7 Å². The normalized spacial score (nSPS) is 17.0. The molecule has 0 aromatic heterocycles. The van der Waals surface area contributed by atoms with Crippen molar-refractivity contribution < 1.29 is 13.9 Å². The van der Waals surface area contributed by atoms with Crippen molar-refractivity contribution in [1.82, 2.24) is 15.5 Å². The standard InChI is InChI=1S/C20H31FN4O2/c1-4-17(25-12-6-9-19(25)26)10-11-23-20(22-3)24-14-15(2)27-18-8-5-7-16(21)13-18/h5,7-8,13,15,17H,4,6,9-12,14H2,1-3H3,(H2,22,23,24). The average Bonchev–Trinajstić information content (AvgIpc) is 3.07. The number of hydrogen-bond donors (Lipinski definition) is 2. The molecule has 1 heterocycles. The summed E-state index contributed by atoms with van der Waals surface area (Å²) >= 11 is 0. The van der Waals surface area contributed by atoms with Gasteiger partial charge in [-0.05, 0) is 38.3 Å². The molecule has 2 atom stereocenters. The number of aliphatic imine (C=N–C) groups is 1. The van der Waals surface area contributed by atoms with Crippen LogP contribution in [0, 0.1) is 5.82 Å². The lowest BCUT2D eigenvalue weighted by Crippen LogP contribution is -2.44. The molecule has 1 aromatic rings. The summed E-state index contributed by atoms with van der Waals surface area (Å²) in [6.45, 7) is 6.18. The number of nitrogens with zero attached hydrogens (tertiary/aromatic N) is 2. The molecule has 0 saturated carbocycles. The third kappa shape index (κ3) is 6.73. The van der Waals surface area contributed by atoms with E-state index in [0.717, 1.165) is 32.4 Å². The van der Waals surface area contributed by atoms with E-state index in [9.17, 15) is 9.18 Å². The first-order chi connectivity index (χ1) is 13.0. The van der Waals surface area contributed by atoms with Crippen LogP contribution in [0.25, 0.3) is 0 Å². The van der Waals surface area contributed by atoms with Crippen molar-refractivity contribution in [2.24, 2.45) is 4.99 Å². The van der Waals surface area contributed by atoms with Crippen LogP contribution in [0.3, 0.4) is 0 Å². The van der Waals surface area contributed by atoms with E-state index in [1.807, 2.05) is 11.8 Å². The zero-order valence-electron chi connectivity index (χ0n) is 16.5. The van der Waals surface area contributed by atoms with Gasteiger partial charge in [0.15, 0.2) is 5.96 Å². The molecule has 1 aliphatic heterocycles. The Morgan fingerprint density at radius 1 is 1.41 bits per heavy atom. The molecule has 1 saturated heterocycles. The number of carbonyl (C=O) groups excluding carboxylic acids is 1. The fourth-order valence-corrected chi connectivity index (χ4v) is 3.27. The van der Waals surface area contributed by atoms with Gasteiger partial charge in [-0.3, -0.25) is 9.79 Å². The van der Waals surface area contributed by atoms with Gasteiger partial charge in [0, 0.05) is 38.7 Å². The molecule has 0 radical (unpaired) electrons. The Balaban J connectivity index is 1.71. The van der Waals surface area contributed by atoms with E-state index in [2.05, 4.69) is 22.5 Å². The predicted molar refractivity (Wildman–Crippen MR) is 105 cm³/mol. The van der Waals surface area contributed by atoms with Gasteiger partial charge in [0.1, 0.15) is 17.7 Å². The zero-order valence-corrected chi connectivity index (χ0v) is 16.5. The Morgan fingerprint density at radius 2 is 2.22 bits per heavy atom. The van der Waals surface area contributed by atoms with Crippen molar-refractivity contribution in [2.45, 2.75) is 51.7 Å². The monoisotopic (exact) mass is 378 g/mol. The fourth-order valence-electron chi connectivity index (χ4n) is 3.27. The summed E-state index contributed by atoms with van der Waals surface area (Å²) in [5.74, 6) is 1.15. The van der Waals surface area contributed by atoms with E-state index in [1.165, 1.54) is 12.1 Å². The molecular weight excluding hydrogens is 347 g/mol. The van der Waals surface area contributed by atoms with Crippen molar-refractivity contribution in [3.05, 3.63) is 30.1 Å². The minimum atomic E-state index is -0.313. The van der Waals surface area contributed by atoms with E-state index in [1.54, 1.807) is 19.2 Å². The fraction of sp³-hybridized carbons (Fsp3) is 0.600. The molecule has 150 valence electrons. The molecule has 0 aliphatic carbocycles. The van der Waals surface area contributed by atoms with Gasteiger partial charge in [-0.1, -0.05) is 13.0 Å². The molecule has 27 heavy (non-hydrogen) atoms. The highest BCUT2D eigenvalue weighted by Gasteiger charge is 2.26. The number of ether oxygens (including phenoxy) is 1. The zero-order chi connectivity index (χ0) is 19.6. The lowest BCUT2D eigenvalue weighted by atomic mass is 10.1. The molecule has 1 aromatic carbocycles. The highest BCUT2D eigenvalue weighted by Crippen LogP contribution is 2.17. The van der Waals surface area contributed by atoms with Crippen LogP contribution in [-0.2, 0) is 4.79 Å². The molecule has 1 fully saturated rings. The van der Waals surface area contributed by atoms with Gasteiger partial charge in [0.25, 0.3) is 0 Å². The number of nitrogens with one attached hydrogen (secondary N) is 2. The maximum absolute atomic E-state index is 13.2. The molecule has 2 N–H and O–H groups in total. The van der Waals surface area contributed by atoms with E-state index in [-0.39, 0.29) is 23.9 Å². The number of rotatable bonds is 9. The average molecular weight is 378 g/mol. The van der Waals surface area contributed by atoms with Crippen LogP contribution in [-0.4, -0.2) is 55.6 Å². The molecule has 1 aliphatic rings. The first-order valence-corrected chi connectivity index (χ1v) is 9.69. The first kappa shape index (κ1) is 21.0. The van der Waals surface area contributed by atoms with Gasteiger partial charge in [-0.15, -0.1) is 0 Å². The van der Waals surface area contributed by atoms with Gasteiger partial charge < -0.3 is 20.3 Å². The van der Waals surface area contributed by atoms with Gasteiger partial charge in [0.2, 0.25) is 5.91 Å². The SMILES string of the molecule is CCC(CCNC(=NC)NCC(C)Oc1cccc(F)c1)N1CCCC1=O. The summed E-state index contributed by atoms with van der Waals surface area (Å²) in [5, 5.41) is 6.50. The van der Waals surface area contributed by atoms with Crippen molar-refractivity contribution in [3.63, 3.8) is 0 Å². The summed E-state index contributed by atoms with van der Waals surface area (Å²) in [5.41, 5.74) is 0. The maximum atomic E-state index is 13.2. The molecular formula is C20H31FN4O2. The van der Waals surface area contributed by atoms with Crippen LogP contribution < -0.4 is 15.4 Å². The molecule has 7 heteroatoms. The number of halogens is 1. The number of hydrogen-bond acceptors (Lipinski definition) is 3. The highest BCUT2D eigenvalue weighted by molar-refractivity contribution is 5.79. The largest absolute Gasteiger partial charge is 0.489 e. The number of likely N-dealkylation sites (tertiary alicyclic amines) is 1. The lowest BCUT2D eigenvalue weighted by Gasteiger charge is -2.27. The van der Waals surface area contributed by atoms with Crippen molar-refractivity contribution in [3.8, 4) is 5.75 Å². The Morgan fingerprint density at radius 3 is 2.85 bits per heavy atom. The van der Waals surface area contributed by atoms with Gasteiger partial charge in [0.05, 0.1) is 6.54 Å². The summed E-state index contributed by atoms with van der Waals surface area (Å²) in [6, 6.07) is 6.40. The van der Waals surface area contributed by atoms with Crippen LogP contribution >= 0.6 is 0 Å². The van der Waals surface area contributed by atoms with Crippen LogP contribution in [0.5, 0.6) is 5.75 Å². The minimum absolute atomic E-state index is 0.143. The summed E-state index contributed by atoms with van der Waals surface area (Å²) in [6.07, 6.45) is 3.35. The van der Waals surface area contributed by atoms with Crippen LogP contribution in [0.1, 0.15) is 39.5 Å². The van der Waals surface area contributed by atoms with Crippen molar-refractivity contribution in [1.29, 1.82) is 0 Å². The summed E-state index contributed by atoms with van der Waals surface area (Å²) in [7, 11) is 1.72. The van der Waals surface area contributed by atoms with Gasteiger partial charge in [-0.2, -0.15) is 0 Å². The number of benzene rings is 1. The van der Waals surface area contributed by atoms with Gasteiger partial charge in [-0.25, -0.2) is 4.39 Å². The topological polar surface area (TPSA) is 66.0 Å². The van der Waals surface area contributed by atoms with E-state index in [4.69, 9.17) is 4.74 Å². The molecule has 0 spiro atoms.